The van der Waals surface area contributed by atoms with E-state index in [9.17, 15) is 22.4 Å². The van der Waals surface area contributed by atoms with Crippen molar-refractivity contribution in [2.45, 2.75) is 38.1 Å². The molecule has 1 aliphatic rings. The van der Waals surface area contributed by atoms with E-state index in [0.29, 0.717) is 23.2 Å². The molecular formula is C30H26F5N5O. The summed E-state index contributed by atoms with van der Waals surface area (Å²) in [5.74, 6) is -1.35. The highest BCUT2D eigenvalue weighted by atomic mass is 19.4. The van der Waals surface area contributed by atoms with Gasteiger partial charge in [-0.05, 0) is 61.4 Å². The van der Waals surface area contributed by atoms with Crippen LogP contribution in [0.15, 0.2) is 65.5 Å². The molecule has 0 bridgehead atoms. The average molecular weight is 568 g/mol. The number of aryl methyl sites for hydroxylation is 1. The van der Waals surface area contributed by atoms with E-state index in [1.54, 1.807) is 23.1 Å². The van der Waals surface area contributed by atoms with Crippen LogP contribution in [-0.4, -0.2) is 39.6 Å². The minimum atomic E-state index is -4.49. The van der Waals surface area contributed by atoms with E-state index in [2.05, 4.69) is 14.7 Å². The van der Waals surface area contributed by atoms with Crippen LogP contribution in [0.5, 0.6) is 0 Å². The Bertz CT molecular complexity index is 1690. The lowest BCUT2D eigenvalue weighted by atomic mass is 9.92. The third-order valence-electron chi connectivity index (χ3n) is 7.65. The molecule has 0 amide bonds. The predicted octanol–water partition coefficient (Wildman–Crippen LogP) is 6.47. The first-order chi connectivity index (χ1) is 19.4. The van der Waals surface area contributed by atoms with Crippen molar-refractivity contribution in [3.8, 4) is 0 Å². The fraction of sp³-hybridized carbons (Fsp3) is 0.300. The summed E-state index contributed by atoms with van der Waals surface area (Å²) in [7, 11) is 1.44. The number of piperazine rings is 1. The molecule has 11 heteroatoms. The van der Waals surface area contributed by atoms with Crippen LogP contribution in [0.4, 0.5) is 33.5 Å². The molecule has 1 unspecified atom stereocenters. The lowest BCUT2D eigenvalue weighted by Crippen LogP contribution is -2.58. The van der Waals surface area contributed by atoms with Gasteiger partial charge in [-0.2, -0.15) is 17.6 Å². The van der Waals surface area contributed by atoms with Gasteiger partial charge in [0.05, 0.1) is 17.1 Å². The molecule has 1 aliphatic heterocycles. The van der Waals surface area contributed by atoms with Crippen LogP contribution in [0, 0.1) is 18.2 Å². The van der Waals surface area contributed by atoms with E-state index in [1.807, 2.05) is 13.8 Å². The van der Waals surface area contributed by atoms with Crippen molar-refractivity contribution < 1.29 is 22.0 Å². The van der Waals surface area contributed by atoms with Gasteiger partial charge >= 0.3 is 6.18 Å². The number of pyridine rings is 2. The molecule has 2 aromatic heterocycles. The topological polar surface area (TPSA) is 45.7 Å². The number of aromatic nitrogens is 2. The Morgan fingerprint density at radius 2 is 1.54 bits per heavy atom. The number of rotatable bonds is 4. The second-order valence-corrected chi connectivity index (χ2v) is 10.3. The van der Waals surface area contributed by atoms with E-state index in [1.165, 1.54) is 37.4 Å². The molecule has 1 fully saturated rings. The van der Waals surface area contributed by atoms with Gasteiger partial charge in [0.2, 0.25) is 11.3 Å². The largest absolute Gasteiger partial charge is 0.416 e. The van der Waals surface area contributed by atoms with Crippen LogP contribution in [0.1, 0.15) is 36.6 Å². The maximum atomic E-state index is 15.6. The molecule has 0 aliphatic carbocycles. The standard InChI is InChI=1S/C30H26F5N5O/c1-17-16-40(28-25(32)29(41)38(4)23-13-14-24(36-3)37-26(23)28)18(2)15-39(17)27(20-7-11-22(31)12-8-20)19-5-9-21(10-6-19)30(33,34)35/h5-14,17-18,27H,15-16H2,1-2,4H3/t17-,18+,27?/m1/s1. The van der Waals surface area contributed by atoms with Gasteiger partial charge in [0.15, 0.2) is 0 Å². The van der Waals surface area contributed by atoms with Gasteiger partial charge in [0.1, 0.15) is 11.5 Å². The van der Waals surface area contributed by atoms with Gasteiger partial charge in [-0.15, -0.1) is 4.98 Å². The monoisotopic (exact) mass is 567 g/mol. The lowest BCUT2D eigenvalue weighted by Gasteiger charge is -2.48. The van der Waals surface area contributed by atoms with Crippen molar-refractivity contribution >= 4 is 22.5 Å². The molecular weight excluding hydrogens is 541 g/mol. The fourth-order valence-corrected chi connectivity index (χ4v) is 5.57. The minimum Gasteiger partial charge on any atom is -0.361 e. The highest BCUT2D eigenvalue weighted by Crippen LogP contribution is 2.38. The van der Waals surface area contributed by atoms with Crippen molar-refractivity contribution in [1.82, 2.24) is 14.5 Å². The summed E-state index contributed by atoms with van der Waals surface area (Å²) in [6, 6.07) is 12.6. The molecule has 0 saturated carbocycles. The molecule has 2 aromatic carbocycles. The third kappa shape index (κ3) is 5.15. The summed E-state index contributed by atoms with van der Waals surface area (Å²) in [5.41, 5.74) is 0.280. The SMILES string of the molecule is [C-]#[N+]c1ccc2c(n1)c(N1C[C@@H](C)N(C(c3ccc(F)cc3)c3ccc(C(F)(F)F)cc3)C[C@@H]1C)c(F)c(=O)n2C. The summed E-state index contributed by atoms with van der Waals surface area (Å²) in [6.45, 7) is 11.7. The minimum absolute atomic E-state index is 0.0143. The number of hydrogen-bond donors (Lipinski definition) is 0. The Kier molecular flexibility index (Phi) is 7.30. The van der Waals surface area contributed by atoms with Crippen LogP contribution in [0.25, 0.3) is 15.9 Å². The molecule has 6 nitrogen and oxygen atoms in total. The smallest absolute Gasteiger partial charge is 0.361 e. The molecule has 4 aromatic rings. The van der Waals surface area contributed by atoms with Crippen LogP contribution in [0.2, 0.25) is 0 Å². The van der Waals surface area contributed by atoms with Crippen LogP contribution in [-0.2, 0) is 13.2 Å². The molecule has 0 N–H and O–H groups in total. The Hall–Kier alpha value is -4.30. The first-order valence-electron chi connectivity index (χ1n) is 12.9. The van der Waals surface area contributed by atoms with E-state index in [4.69, 9.17) is 6.57 Å². The Labute approximate surface area is 233 Å². The molecule has 212 valence electrons. The Balaban J connectivity index is 1.57. The van der Waals surface area contributed by atoms with E-state index in [-0.39, 0.29) is 35.7 Å². The number of alkyl halides is 3. The maximum absolute atomic E-state index is 15.6. The number of anilines is 1. The first kappa shape index (κ1) is 28.2. The number of fused-ring (bicyclic) bond motifs is 1. The number of nitrogens with zero attached hydrogens (tertiary/aromatic N) is 5. The van der Waals surface area contributed by atoms with Gasteiger partial charge in [-0.1, -0.05) is 30.8 Å². The molecule has 3 atom stereocenters. The lowest BCUT2D eigenvalue weighted by molar-refractivity contribution is -0.137. The maximum Gasteiger partial charge on any atom is 0.416 e. The average Bonchev–Trinajstić information content (AvgIpc) is 2.95. The summed E-state index contributed by atoms with van der Waals surface area (Å²) < 4.78 is 70.4. The molecule has 3 heterocycles. The second kappa shape index (κ2) is 10.6. The number of benzene rings is 2. The third-order valence-corrected chi connectivity index (χ3v) is 7.65. The van der Waals surface area contributed by atoms with Gasteiger partial charge < -0.3 is 14.3 Å². The number of halogens is 5. The summed E-state index contributed by atoms with van der Waals surface area (Å²) in [4.78, 5) is 24.3. The number of hydrogen-bond acceptors (Lipinski definition) is 4. The van der Waals surface area contributed by atoms with Gasteiger partial charge in [-0.25, -0.2) is 4.39 Å². The second-order valence-electron chi connectivity index (χ2n) is 10.3. The quantitative estimate of drug-likeness (QED) is 0.210. The van der Waals surface area contributed by atoms with Crippen molar-refractivity contribution in [3.05, 3.63) is 111 Å². The van der Waals surface area contributed by atoms with Gasteiger partial charge in [0, 0.05) is 32.2 Å². The zero-order valence-electron chi connectivity index (χ0n) is 22.5. The van der Waals surface area contributed by atoms with Gasteiger partial charge in [-0.3, -0.25) is 9.69 Å². The summed E-state index contributed by atoms with van der Waals surface area (Å²) in [6.07, 6.45) is -4.49. The summed E-state index contributed by atoms with van der Waals surface area (Å²) >= 11 is 0. The summed E-state index contributed by atoms with van der Waals surface area (Å²) in [5, 5.41) is 0. The van der Waals surface area contributed by atoms with E-state index >= 15 is 4.39 Å². The first-order valence-corrected chi connectivity index (χ1v) is 12.9. The van der Waals surface area contributed by atoms with Crippen LogP contribution < -0.4 is 10.5 Å². The molecule has 0 radical (unpaired) electrons. The Morgan fingerprint density at radius 3 is 2.12 bits per heavy atom. The van der Waals surface area contributed by atoms with Crippen molar-refractivity contribution in [2.24, 2.45) is 7.05 Å². The zero-order valence-corrected chi connectivity index (χ0v) is 22.5. The van der Waals surface area contributed by atoms with Gasteiger partial charge in [0.25, 0.3) is 11.4 Å². The Morgan fingerprint density at radius 1 is 0.927 bits per heavy atom. The molecule has 1 saturated heterocycles. The van der Waals surface area contributed by atoms with E-state index in [0.717, 1.165) is 16.7 Å². The van der Waals surface area contributed by atoms with E-state index < -0.39 is 35.0 Å². The normalized spacial score (nSPS) is 18.9. The van der Waals surface area contributed by atoms with Crippen molar-refractivity contribution in [2.75, 3.05) is 18.0 Å². The van der Waals surface area contributed by atoms with Crippen molar-refractivity contribution in [3.63, 3.8) is 0 Å². The molecule has 41 heavy (non-hydrogen) atoms. The van der Waals surface area contributed by atoms with Crippen LogP contribution >= 0.6 is 0 Å². The molecule has 5 rings (SSSR count). The highest BCUT2D eigenvalue weighted by Gasteiger charge is 2.38. The van der Waals surface area contributed by atoms with Crippen molar-refractivity contribution in [1.29, 1.82) is 0 Å². The highest BCUT2D eigenvalue weighted by molar-refractivity contribution is 5.90. The fourth-order valence-electron chi connectivity index (χ4n) is 5.57. The molecule has 0 spiro atoms. The predicted molar refractivity (Wildman–Crippen MR) is 146 cm³/mol. The van der Waals surface area contributed by atoms with Crippen LogP contribution in [0.3, 0.4) is 0 Å². The zero-order chi connectivity index (χ0) is 29.6.